The van der Waals surface area contributed by atoms with Gasteiger partial charge in [0, 0.05) is 25.1 Å². The Balaban J connectivity index is 1.73. The molecule has 2 N–H and O–H groups in total. The highest BCUT2D eigenvalue weighted by Crippen LogP contribution is 2.40. The number of carbonyl (C=O) groups excluding carboxylic acids is 1. The first kappa shape index (κ1) is 13.9. The van der Waals surface area contributed by atoms with E-state index in [1.807, 2.05) is 23.9 Å². The van der Waals surface area contributed by atoms with Crippen LogP contribution in [0.15, 0.2) is 18.5 Å². The third kappa shape index (κ3) is 2.99. The number of imidazole rings is 1. The van der Waals surface area contributed by atoms with Crippen LogP contribution in [-0.4, -0.2) is 25.7 Å². The van der Waals surface area contributed by atoms with Gasteiger partial charge in [-0.25, -0.2) is 4.98 Å². The van der Waals surface area contributed by atoms with Crippen LogP contribution in [0.25, 0.3) is 0 Å². The highest BCUT2D eigenvalue weighted by Gasteiger charge is 2.36. The number of carbonyl (C=O) groups is 1. The molecule has 1 fully saturated rings. The van der Waals surface area contributed by atoms with Crippen LogP contribution in [0.5, 0.6) is 0 Å². The lowest BCUT2D eigenvalue weighted by Gasteiger charge is -2.17. The molecule has 0 spiro atoms. The van der Waals surface area contributed by atoms with Crippen molar-refractivity contribution in [2.75, 3.05) is 0 Å². The van der Waals surface area contributed by atoms with Crippen LogP contribution < -0.4 is 5.32 Å². The van der Waals surface area contributed by atoms with Crippen molar-refractivity contribution in [3.8, 4) is 0 Å². The van der Waals surface area contributed by atoms with Gasteiger partial charge in [-0.1, -0.05) is 13.3 Å². The summed E-state index contributed by atoms with van der Waals surface area (Å²) in [7, 11) is 1.96. The van der Waals surface area contributed by atoms with Crippen molar-refractivity contribution < 1.29 is 4.79 Å². The summed E-state index contributed by atoms with van der Waals surface area (Å²) in [6.07, 6.45) is 7.89. The molecule has 1 atom stereocenters. The number of H-pyrrole nitrogens is 1. The fourth-order valence-electron chi connectivity index (χ4n) is 2.59. The molecular formula is C15H21N5O. The summed E-state index contributed by atoms with van der Waals surface area (Å²) in [4.78, 5) is 16.8. The number of aromatic nitrogens is 4. The molecule has 6 heteroatoms. The largest absolute Gasteiger partial charge is 0.340 e. The van der Waals surface area contributed by atoms with Gasteiger partial charge in [0.05, 0.1) is 6.04 Å². The summed E-state index contributed by atoms with van der Waals surface area (Å²) < 4.78 is 1.97. The minimum Gasteiger partial charge on any atom is -0.340 e. The topological polar surface area (TPSA) is 75.6 Å². The Bertz CT molecular complexity index is 626. The zero-order chi connectivity index (χ0) is 14.8. The van der Waals surface area contributed by atoms with E-state index in [0.717, 1.165) is 37.2 Å². The molecule has 1 aliphatic carbocycles. The molecular weight excluding hydrogens is 266 g/mol. The molecule has 0 aromatic carbocycles. The molecule has 0 bridgehead atoms. The molecule has 0 aliphatic heterocycles. The quantitative estimate of drug-likeness (QED) is 0.853. The van der Waals surface area contributed by atoms with Gasteiger partial charge in [0.15, 0.2) is 0 Å². The average molecular weight is 287 g/mol. The first-order valence-corrected chi connectivity index (χ1v) is 7.51. The Morgan fingerprint density at radius 2 is 2.38 bits per heavy atom. The number of hydrogen-bond acceptors (Lipinski definition) is 3. The average Bonchev–Trinajstić information content (AvgIpc) is 3.05. The van der Waals surface area contributed by atoms with Crippen LogP contribution in [0.2, 0.25) is 0 Å². The van der Waals surface area contributed by atoms with Crippen molar-refractivity contribution in [1.82, 2.24) is 25.1 Å². The van der Waals surface area contributed by atoms with Crippen molar-refractivity contribution in [2.45, 2.75) is 38.6 Å². The summed E-state index contributed by atoms with van der Waals surface area (Å²) in [6.45, 7) is 2.10. The van der Waals surface area contributed by atoms with Gasteiger partial charge in [0.2, 0.25) is 0 Å². The molecule has 2 aromatic rings. The van der Waals surface area contributed by atoms with E-state index in [0.29, 0.717) is 11.6 Å². The molecule has 2 aromatic heterocycles. The third-order valence-electron chi connectivity index (χ3n) is 3.90. The van der Waals surface area contributed by atoms with Gasteiger partial charge in [-0.3, -0.25) is 9.89 Å². The van der Waals surface area contributed by atoms with Crippen molar-refractivity contribution in [2.24, 2.45) is 13.0 Å². The van der Waals surface area contributed by atoms with Crippen LogP contribution >= 0.6 is 0 Å². The van der Waals surface area contributed by atoms with E-state index in [-0.39, 0.29) is 11.9 Å². The predicted molar refractivity (Wildman–Crippen MR) is 78.7 cm³/mol. The van der Waals surface area contributed by atoms with E-state index in [9.17, 15) is 4.79 Å². The number of nitrogens with one attached hydrogen (secondary N) is 2. The zero-order valence-corrected chi connectivity index (χ0v) is 12.5. The van der Waals surface area contributed by atoms with Crippen LogP contribution in [0.3, 0.4) is 0 Å². The van der Waals surface area contributed by atoms with Crippen LogP contribution in [0, 0.1) is 5.92 Å². The number of aryl methyl sites for hydroxylation is 2. The highest BCUT2D eigenvalue weighted by atomic mass is 16.2. The highest BCUT2D eigenvalue weighted by molar-refractivity contribution is 5.92. The second kappa shape index (κ2) is 5.71. The normalized spacial score (nSPS) is 15.9. The minimum absolute atomic E-state index is 0.0242. The van der Waals surface area contributed by atoms with Gasteiger partial charge in [0.25, 0.3) is 5.91 Å². The fraction of sp³-hybridized carbons (Fsp3) is 0.533. The van der Waals surface area contributed by atoms with Crippen LogP contribution in [-0.2, 0) is 13.5 Å². The Morgan fingerprint density at radius 1 is 1.57 bits per heavy atom. The second-order valence-electron chi connectivity index (χ2n) is 5.71. The lowest BCUT2D eigenvalue weighted by Crippen LogP contribution is -2.31. The zero-order valence-electron chi connectivity index (χ0n) is 12.5. The summed E-state index contributed by atoms with van der Waals surface area (Å²) >= 11 is 0. The molecule has 0 radical (unpaired) electrons. The number of amides is 1. The summed E-state index contributed by atoms with van der Waals surface area (Å²) in [5.74, 6) is 1.27. The summed E-state index contributed by atoms with van der Waals surface area (Å²) in [6, 6.07) is 1.81. The SMILES string of the molecule is CCCc1cc(C(=O)NC(c2nccn2C)C2CC2)n[nH]1. The summed E-state index contributed by atoms with van der Waals surface area (Å²) in [5, 5.41) is 10.1. The molecule has 1 unspecified atom stereocenters. The first-order valence-electron chi connectivity index (χ1n) is 7.51. The van der Waals surface area contributed by atoms with Crippen LogP contribution in [0.4, 0.5) is 0 Å². The van der Waals surface area contributed by atoms with E-state index < -0.39 is 0 Å². The van der Waals surface area contributed by atoms with Gasteiger partial charge in [-0.05, 0) is 31.2 Å². The van der Waals surface area contributed by atoms with Gasteiger partial charge < -0.3 is 9.88 Å². The lowest BCUT2D eigenvalue weighted by atomic mass is 10.1. The molecule has 1 saturated carbocycles. The maximum Gasteiger partial charge on any atom is 0.272 e. The molecule has 1 aliphatic rings. The Kier molecular flexibility index (Phi) is 3.77. The Labute approximate surface area is 124 Å². The lowest BCUT2D eigenvalue weighted by molar-refractivity contribution is 0.0924. The van der Waals surface area contributed by atoms with E-state index in [2.05, 4.69) is 27.4 Å². The Hall–Kier alpha value is -2.11. The van der Waals surface area contributed by atoms with Gasteiger partial charge in [0.1, 0.15) is 11.5 Å². The third-order valence-corrected chi connectivity index (χ3v) is 3.90. The van der Waals surface area contributed by atoms with Crippen molar-refractivity contribution in [3.63, 3.8) is 0 Å². The molecule has 21 heavy (non-hydrogen) atoms. The number of hydrogen-bond donors (Lipinski definition) is 2. The van der Waals surface area contributed by atoms with E-state index in [4.69, 9.17) is 0 Å². The summed E-state index contributed by atoms with van der Waals surface area (Å²) in [5.41, 5.74) is 1.46. The maximum absolute atomic E-state index is 12.4. The standard InChI is InChI=1S/C15H21N5O/c1-3-4-11-9-12(19-18-11)15(21)17-13(10-5-6-10)14-16-7-8-20(14)2/h7-10,13H,3-6H2,1-2H3,(H,17,21)(H,18,19). The monoisotopic (exact) mass is 287 g/mol. The molecule has 1 amide bonds. The number of aromatic amines is 1. The smallest absolute Gasteiger partial charge is 0.272 e. The minimum atomic E-state index is -0.131. The van der Waals surface area contributed by atoms with Crippen LogP contribution in [0.1, 0.15) is 54.2 Å². The molecule has 6 nitrogen and oxygen atoms in total. The van der Waals surface area contributed by atoms with Crippen molar-refractivity contribution in [1.29, 1.82) is 0 Å². The molecule has 112 valence electrons. The molecule has 3 rings (SSSR count). The molecule has 0 saturated heterocycles. The van der Waals surface area contributed by atoms with Gasteiger partial charge in [-0.15, -0.1) is 0 Å². The number of nitrogens with zero attached hydrogens (tertiary/aromatic N) is 3. The maximum atomic E-state index is 12.4. The molecule has 2 heterocycles. The Morgan fingerprint density at radius 3 is 3.00 bits per heavy atom. The fourth-order valence-corrected chi connectivity index (χ4v) is 2.59. The van der Waals surface area contributed by atoms with Crippen molar-refractivity contribution in [3.05, 3.63) is 35.7 Å². The van der Waals surface area contributed by atoms with E-state index in [1.54, 1.807) is 6.20 Å². The predicted octanol–water partition coefficient (Wildman–Crippen LogP) is 1.98. The van der Waals surface area contributed by atoms with Crippen molar-refractivity contribution >= 4 is 5.91 Å². The van der Waals surface area contributed by atoms with E-state index >= 15 is 0 Å². The number of rotatable bonds is 6. The van der Waals surface area contributed by atoms with Gasteiger partial charge in [-0.2, -0.15) is 5.10 Å². The van der Waals surface area contributed by atoms with E-state index in [1.165, 1.54) is 0 Å². The second-order valence-corrected chi connectivity index (χ2v) is 5.71. The van der Waals surface area contributed by atoms with Gasteiger partial charge >= 0.3 is 0 Å². The first-order chi connectivity index (χ1) is 10.2.